The SMILES string of the molecule is Cc1ccccc1C(C)(C)COS(=O)(=O)O. The summed E-state index contributed by atoms with van der Waals surface area (Å²) in [6.45, 7) is 5.59. The minimum absolute atomic E-state index is 0.0866. The first-order chi connectivity index (χ1) is 7.22. The molecule has 0 amide bonds. The van der Waals surface area contributed by atoms with Gasteiger partial charge in [0.1, 0.15) is 0 Å². The molecule has 0 aliphatic rings. The number of benzene rings is 1. The summed E-state index contributed by atoms with van der Waals surface area (Å²) in [6.07, 6.45) is 0. The van der Waals surface area contributed by atoms with Crippen molar-refractivity contribution in [3.8, 4) is 0 Å². The largest absolute Gasteiger partial charge is 0.397 e. The van der Waals surface area contributed by atoms with Gasteiger partial charge in [-0.2, -0.15) is 8.42 Å². The Bertz CT molecular complexity index is 463. The fourth-order valence-electron chi connectivity index (χ4n) is 1.63. The monoisotopic (exact) mass is 244 g/mol. The zero-order chi connectivity index (χ0) is 12.4. The van der Waals surface area contributed by atoms with E-state index < -0.39 is 15.8 Å². The second-order valence-electron chi connectivity index (χ2n) is 4.39. The molecule has 0 saturated carbocycles. The molecule has 0 unspecified atom stereocenters. The molecule has 1 N–H and O–H groups in total. The van der Waals surface area contributed by atoms with Crippen LogP contribution >= 0.6 is 0 Å². The van der Waals surface area contributed by atoms with Crippen LogP contribution < -0.4 is 0 Å². The summed E-state index contributed by atoms with van der Waals surface area (Å²) in [5.41, 5.74) is 1.59. The van der Waals surface area contributed by atoms with Gasteiger partial charge in [-0.15, -0.1) is 0 Å². The normalized spacial score (nSPS) is 12.8. The van der Waals surface area contributed by atoms with Gasteiger partial charge in [0, 0.05) is 5.41 Å². The van der Waals surface area contributed by atoms with Gasteiger partial charge in [-0.25, -0.2) is 4.18 Å². The van der Waals surface area contributed by atoms with Gasteiger partial charge in [0.2, 0.25) is 0 Å². The maximum absolute atomic E-state index is 10.5. The van der Waals surface area contributed by atoms with E-state index in [1.807, 2.05) is 45.0 Å². The quantitative estimate of drug-likeness (QED) is 0.824. The number of hydrogen-bond acceptors (Lipinski definition) is 3. The second-order valence-corrected chi connectivity index (χ2v) is 5.48. The fourth-order valence-corrected chi connectivity index (χ4v) is 2.08. The summed E-state index contributed by atoms with van der Waals surface area (Å²) < 4.78 is 34.0. The highest BCUT2D eigenvalue weighted by Crippen LogP contribution is 2.26. The van der Waals surface area contributed by atoms with Crippen LogP contribution in [-0.2, 0) is 20.0 Å². The number of rotatable bonds is 4. The van der Waals surface area contributed by atoms with Gasteiger partial charge in [-0.1, -0.05) is 38.1 Å². The first-order valence-electron chi connectivity index (χ1n) is 4.90. The Kier molecular flexibility index (Phi) is 3.72. The molecule has 0 spiro atoms. The summed E-state index contributed by atoms with van der Waals surface area (Å²) in [5, 5.41) is 0. The first-order valence-corrected chi connectivity index (χ1v) is 6.27. The molecule has 1 aromatic carbocycles. The van der Waals surface area contributed by atoms with Crippen LogP contribution in [0.1, 0.15) is 25.0 Å². The Labute approximate surface area is 96.2 Å². The van der Waals surface area contributed by atoms with Crippen LogP contribution in [0.25, 0.3) is 0 Å². The molecule has 4 nitrogen and oxygen atoms in total. The molecule has 0 aliphatic heterocycles. The van der Waals surface area contributed by atoms with Crippen LogP contribution in [-0.4, -0.2) is 19.6 Å². The fraction of sp³-hybridized carbons (Fsp3) is 0.455. The average Bonchev–Trinajstić information content (AvgIpc) is 2.14. The van der Waals surface area contributed by atoms with E-state index in [0.717, 1.165) is 11.1 Å². The molecule has 0 heterocycles. The molecule has 0 saturated heterocycles. The Morgan fingerprint density at radius 2 is 1.88 bits per heavy atom. The van der Waals surface area contributed by atoms with Crippen molar-refractivity contribution in [3.05, 3.63) is 35.4 Å². The van der Waals surface area contributed by atoms with Crippen molar-refractivity contribution in [1.29, 1.82) is 0 Å². The first kappa shape index (κ1) is 13.2. The van der Waals surface area contributed by atoms with Crippen LogP contribution in [0.15, 0.2) is 24.3 Å². The van der Waals surface area contributed by atoms with E-state index in [0.29, 0.717) is 0 Å². The summed E-state index contributed by atoms with van der Waals surface area (Å²) in [5.74, 6) is 0. The van der Waals surface area contributed by atoms with E-state index >= 15 is 0 Å². The van der Waals surface area contributed by atoms with E-state index in [4.69, 9.17) is 4.55 Å². The smallest absolute Gasteiger partial charge is 0.264 e. The van der Waals surface area contributed by atoms with Crippen LogP contribution in [0.2, 0.25) is 0 Å². The lowest BCUT2D eigenvalue weighted by Crippen LogP contribution is -2.27. The predicted molar refractivity (Wildman–Crippen MR) is 61.7 cm³/mol. The molecule has 1 aromatic rings. The Morgan fingerprint density at radius 1 is 1.31 bits per heavy atom. The molecule has 0 aromatic heterocycles. The van der Waals surface area contributed by atoms with Crippen molar-refractivity contribution in [2.24, 2.45) is 0 Å². The van der Waals surface area contributed by atoms with Crippen LogP contribution in [0.5, 0.6) is 0 Å². The van der Waals surface area contributed by atoms with E-state index in [1.165, 1.54) is 0 Å². The highest BCUT2D eigenvalue weighted by molar-refractivity contribution is 7.80. The van der Waals surface area contributed by atoms with E-state index in [-0.39, 0.29) is 6.61 Å². The van der Waals surface area contributed by atoms with Gasteiger partial charge < -0.3 is 0 Å². The standard InChI is InChI=1S/C11H16O4S/c1-9-6-4-5-7-10(9)11(2,3)8-15-16(12,13)14/h4-7H,8H2,1-3H3,(H,12,13,14). The zero-order valence-corrected chi connectivity index (χ0v) is 10.4. The minimum Gasteiger partial charge on any atom is -0.264 e. The van der Waals surface area contributed by atoms with Gasteiger partial charge >= 0.3 is 10.4 Å². The summed E-state index contributed by atoms with van der Waals surface area (Å²) >= 11 is 0. The molecule has 0 fully saturated rings. The number of hydrogen-bond donors (Lipinski definition) is 1. The maximum Gasteiger partial charge on any atom is 0.397 e. The highest BCUT2D eigenvalue weighted by atomic mass is 32.3. The second kappa shape index (κ2) is 4.53. The Balaban J connectivity index is 2.90. The average molecular weight is 244 g/mol. The van der Waals surface area contributed by atoms with Gasteiger partial charge in [0.25, 0.3) is 0 Å². The minimum atomic E-state index is -4.38. The van der Waals surface area contributed by atoms with E-state index in [9.17, 15) is 8.42 Å². The highest BCUT2D eigenvalue weighted by Gasteiger charge is 2.24. The molecule has 0 aliphatic carbocycles. The van der Waals surface area contributed by atoms with Crippen LogP contribution in [0, 0.1) is 6.92 Å². The van der Waals surface area contributed by atoms with Gasteiger partial charge in [0.15, 0.2) is 0 Å². The predicted octanol–water partition coefficient (Wildman–Crippen LogP) is 2.09. The summed E-state index contributed by atoms with van der Waals surface area (Å²) in [7, 11) is -4.38. The Morgan fingerprint density at radius 3 is 2.38 bits per heavy atom. The third kappa shape index (κ3) is 3.59. The van der Waals surface area contributed by atoms with Crippen molar-refractivity contribution in [1.82, 2.24) is 0 Å². The topological polar surface area (TPSA) is 63.6 Å². The Hall–Kier alpha value is -0.910. The van der Waals surface area contributed by atoms with E-state index in [2.05, 4.69) is 4.18 Å². The molecule has 0 radical (unpaired) electrons. The van der Waals surface area contributed by atoms with Crippen molar-refractivity contribution in [2.75, 3.05) is 6.61 Å². The lowest BCUT2D eigenvalue weighted by atomic mass is 9.83. The van der Waals surface area contributed by atoms with Crippen LogP contribution in [0.3, 0.4) is 0 Å². The van der Waals surface area contributed by atoms with Crippen molar-refractivity contribution in [2.45, 2.75) is 26.2 Å². The third-order valence-electron chi connectivity index (χ3n) is 2.44. The molecule has 0 bridgehead atoms. The molecular weight excluding hydrogens is 228 g/mol. The van der Waals surface area contributed by atoms with Crippen molar-refractivity contribution < 1.29 is 17.2 Å². The van der Waals surface area contributed by atoms with Crippen molar-refractivity contribution in [3.63, 3.8) is 0 Å². The van der Waals surface area contributed by atoms with Gasteiger partial charge in [0.05, 0.1) is 6.61 Å². The van der Waals surface area contributed by atoms with Gasteiger partial charge in [-0.3, -0.25) is 4.55 Å². The summed E-state index contributed by atoms with van der Waals surface area (Å²) in [6, 6.07) is 7.67. The molecular formula is C11H16O4S. The molecule has 1 rings (SSSR count). The lowest BCUT2D eigenvalue weighted by Gasteiger charge is -2.25. The molecule has 5 heteroatoms. The maximum atomic E-state index is 10.5. The molecule has 0 atom stereocenters. The molecule has 90 valence electrons. The zero-order valence-electron chi connectivity index (χ0n) is 9.60. The van der Waals surface area contributed by atoms with Gasteiger partial charge in [-0.05, 0) is 18.1 Å². The number of aryl methyl sites for hydroxylation is 1. The molecule has 16 heavy (non-hydrogen) atoms. The third-order valence-corrected chi connectivity index (χ3v) is 2.86. The van der Waals surface area contributed by atoms with E-state index in [1.54, 1.807) is 0 Å². The van der Waals surface area contributed by atoms with Crippen LogP contribution in [0.4, 0.5) is 0 Å². The lowest BCUT2D eigenvalue weighted by molar-refractivity contribution is 0.215. The summed E-state index contributed by atoms with van der Waals surface area (Å²) in [4.78, 5) is 0. The van der Waals surface area contributed by atoms with Crippen molar-refractivity contribution >= 4 is 10.4 Å².